The van der Waals surface area contributed by atoms with Crippen LogP contribution in [-0.2, 0) is 45.9 Å². The second kappa shape index (κ2) is 24.2. The Labute approximate surface area is 528 Å². The zero-order chi connectivity index (χ0) is 65.4. The van der Waals surface area contributed by atoms with Gasteiger partial charge in [0.25, 0.3) is 11.8 Å². The van der Waals surface area contributed by atoms with Crippen molar-refractivity contribution in [1.82, 2.24) is 35.6 Å². The minimum atomic E-state index is -3.74. The molecule has 0 bridgehead atoms. The van der Waals surface area contributed by atoms with Crippen LogP contribution in [0.3, 0.4) is 0 Å². The molecule has 0 aliphatic carbocycles. The minimum Gasteiger partial charge on any atom is -0.455 e. The van der Waals surface area contributed by atoms with E-state index in [0.717, 1.165) is 73.5 Å². The maximum Gasteiger partial charge on any atom is 0.490 e. The van der Waals surface area contributed by atoms with Gasteiger partial charge < -0.3 is 39.0 Å². The number of aromatic nitrogens is 5. The molecular weight excluding hydrogens is 1260 g/mol. The lowest BCUT2D eigenvalue weighted by Crippen LogP contribution is -2.37. The molecule has 6 aromatic carbocycles. The maximum atomic E-state index is 14.8. The number of sulfonamides is 2. The predicted octanol–water partition coefficient (Wildman–Crippen LogP) is 9.37. The monoisotopic (exact) mass is 1310 g/mol. The van der Waals surface area contributed by atoms with Gasteiger partial charge in [-0.05, 0) is 103 Å². The quantitative estimate of drug-likeness (QED) is 0.0734. The topological polar surface area (TPSA) is 259 Å². The molecule has 3 aliphatic rings. The number of aryl methyl sites for hydroxylation is 2. The zero-order valence-corrected chi connectivity index (χ0v) is 52.1. The summed E-state index contributed by atoms with van der Waals surface area (Å²) in [6, 6.07) is 32.3. The Morgan fingerprint density at radius 3 is 1.79 bits per heavy atom. The molecule has 92 heavy (non-hydrogen) atoms. The number of halogens is 5. The summed E-state index contributed by atoms with van der Waals surface area (Å²) < 4.78 is 121. The van der Waals surface area contributed by atoms with Gasteiger partial charge in [0.1, 0.15) is 46.0 Å². The number of furan rings is 2. The molecule has 28 heteroatoms. The zero-order valence-electron chi connectivity index (χ0n) is 49.8. The average Bonchev–Trinajstić information content (AvgIpc) is 1.57. The normalized spacial score (nSPS) is 13.8. The number of benzene rings is 6. The molecule has 14 rings (SSSR count). The third-order valence-corrected chi connectivity index (χ3v) is 19.2. The van der Waals surface area contributed by atoms with Gasteiger partial charge in [-0.3, -0.25) is 18.2 Å². The van der Waals surface area contributed by atoms with Gasteiger partial charge in [-0.1, -0.05) is 23.7 Å². The Balaban J connectivity index is 0.000000145. The Kier molecular flexibility index (Phi) is 16.4. The summed E-state index contributed by atoms with van der Waals surface area (Å²) in [7, 11) is -3.86. The summed E-state index contributed by atoms with van der Waals surface area (Å²) in [5.74, 6) is -1.95. The first-order chi connectivity index (χ1) is 43.8. The Morgan fingerprint density at radius 1 is 0.641 bits per heavy atom. The summed E-state index contributed by atoms with van der Waals surface area (Å²) in [5.41, 5.74) is 9.49. The number of nitrogens with zero attached hydrogens (tertiary/aromatic N) is 8. The molecule has 470 valence electrons. The van der Waals surface area contributed by atoms with Gasteiger partial charge in [0.05, 0.1) is 69.3 Å². The average molecular weight is 1310 g/mol. The van der Waals surface area contributed by atoms with Crippen LogP contribution in [0.15, 0.2) is 136 Å². The number of fused-ring (bicyclic) bond motifs is 12. The predicted molar refractivity (Wildman–Crippen MR) is 343 cm³/mol. The summed E-state index contributed by atoms with van der Waals surface area (Å²) in [4.78, 5) is 27.9. The van der Waals surface area contributed by atoms with E-state index in [1.165, 1.54) is 101 Å². The molecule has 4 N–H and O–H groups in total. The SMILES string of the molecule is CNC(=O)c1c(-c2ccc(F)cc2)oc2cc(N(C)S(C)(=O)=O)c(-c3cc4c(nn3)CCN3c5cccc(F)c5CC43)cc12.CNC(=O)c1c(-c2ccc(F)cc2)oc2cc(N(C)S(C)(=O)=O)c(B(O)O)cc12.Fc1cccc2c1cc1n2CCc2nnc(Cl)cc2-1. The number of hydrogen-bond donors (Lipinski definition) is 4. The number of anilines is 3. The highest BCUT2D eigenvalue weighted by molar-refractivity contribution is 7.92. The van der Waals surface area contributed by atoms with Crippen LogP contribution >= 0.6 is 11.6 Å². The first-order valence-corrected chi connectivity index (χ1v) is 32.5. The van der Waals surface area contributed by atoms with Crippen LogP contribution in [0, 0.1) is 23.3 Å². The number of amides is 2. The van der Waals surface area contributed by atoms with Crippen LogP contribution in [0.5, 0.6) is 0 Å². The van der Waals surface area contributed by atoms with E-state index >= 15 is 0 Å². The lowest BCUT2D eigenvalue weighted by molar-refractivity contribution is 0.0956. The molecule has 0 saturated heterocycles. The van der Waals surface area contributed by atoms with Crippen LogP contribution in [0.25, 0.3) is 78.0 Å². The van der Waals surface area contributed by atoms with Gasteiger partial charge in [-0.25, -0.2) is 34.4 Å². The summed E-state index contributed by atoms with van der Waals surface area (Å²) >= 11 is 5.92. The van der Waals surface area contributed by atoms with Gasteiger partial charge >= 0.3 is 7.12 Å². The highest BCUT2D eigenvalue weighted by atomic mass is 35.5. The third-order valence-electron chi connectivity index (χ3n) is 16.6. The lowest BCUT2D eigenvalue weighted by atomic mass is 9.78. The van der Waals surface area contributed by atoms with Gasteiger partial charge in [0.15, 0.2) is 5.15 Å². The fourth-order valence-corrected chi connectivity index (χ4v) is 13.1. The fourth-order valence-electron chi connectivity index (χ4n) is 11.9. The molecule has 0 spiro atoms. The highest BCUT2D eigenvalue weighted by Gasteiger charge is 2.38. The van der Waals surface area contributed by atoms with E-state index in [-0.39, 0.29) is 73.7 Å². The Hall–Kier alpha value is -9.67. The number of hydrogen-bond acceptors (Lipinski definition) is 15. The van der Waals surface area contributed by atoms with Crippen molar-refractivity contribution in [3.8, 4) is 45.2 Å². The van der Waals surface area contributed by atoms with E-state index in [4.69, 9.17) is 20.4 Å². The largest absolute Gasteiger partial charge is 0.490 e. The van der Waals surface area contributed by atoms with Gasteiger partial charge in [0.2, 0.25) is 20.0 Å². The fraction of sp³-hybridized carbons (Fsp3) is 0.188. The van der Waals surface area contributed by atoms with Crippen molar-refractivity contribution in [3.05, 3.63) is 189 Å². The van der Waals surface area contributed by atoms with E-state index < -0.39 is 50.6 Å². The third kappa shape index (κ3) is 11.4. The standard InChI is InChI=1S/C32H27F2N5O4S.C18H18BFN2O6S.C14H9ClFN3/c1-35-32(40)30-22-13-20(27(38(2)44(3,41)42)16-29(22)43-31(30)17-7-9-18(33)10-8-17)25-14-21-24(36-37-25)11-12-39-26-6-4-5-23(34)19(26)15-28(21)39;1-21-18(23)16-12-8-13(19(24)25)14(22(2)29(3,26)27)9-15(12)28-17(16)10-4-6-11(20)7-5-10;15-14-7-9-11(17-18-14)4-5-19-12-3-1-2-10(16)8(12)6-13(9)19/h4-10,13-14,16,28H,11-12,15H2,1-3H3,(H,35,40);4-9,24-25H,1-3H3,(H,21,23);1-3,6-7H,4-5H2. The van der Waals surface area contributed by atoms with Crippen LogP contribution in [0.2, 0.25) is 5.15 Å². The van der Waals surface area contributed by atoms with Crippen LogP contribution in [0.1, 0.15) is 49.3 Å². The molecule has 3 aliphatic heterocycles. The molecule has 0 saturated carbocycles. The number of carbonyl (C=O) groups excluding carboxylic acids is 2. The maximum absolute atomic E-state index is 14.8. The van der Waals surface area contributed by atoms with Crippen LogP contribution in [-0.4, -0.2) is 118 Å². The van der Waals surface area contributed by atoms with Gasteiger partial charge in [-0.2, -0.15) is 15.3 Å². The summed E-state index contributed by atoms with van der Waals surface area (Å²) in [6.45, 7) is 1.46. The second-order valence-electron chi connectivity index (χ2n) is 22.1. The molecule has 1 unspecified atom stereocenters. The minimum absolute atomic E-state index is 0.0159. The Bertz CT molecular complexity index is 5060. The highest BCUT2D eigenvalue weighted by Crippen LogP contribution is 2.47. The van der Waals surface area contributed by atoms with Crippen molar-refractivity contribution in [1.29, 1.82) is 0 Å². The van der Waals surface area contributed by atoms with Crippen molar-refractivity contribution >= 4 is 106 Å². The molecule has 0 radical (unpaired) electrons. The van der Waals surface area contributed by atoms with Crippen molar-refractivity contribution in [3.63, 3.8) is 0 Å². The van der Waals surface area contributed by atoms with Crippen LogP contribution in [0.4, 0.5) is 34.6 Å². The van der Waals surface area contributed by atoms with Crippen molar-refractivity contribution < 1.29 is 62.9 Å². The number of carbonyl (C=O) groups is 2. The first-order valence-electron chi connectivity index (χ1n) is 28.5. The molecule has 8 heterocycles. The van der Waals surface area contributed by atoms with Crippen LogP contribution < -0.4 is 29.6 Å². The van der Waals surface area contributed by atoms with E-state index in [0.29, 0.717) is 63.3 Å². The summed E-state index contributed by atoms with van der Waals surface area (Å²) in [6.07, 6.45) is 3.93. The first kappa shape index (κ1) is 62.5. The van der Waals surface area contributed by atoms with Gasteiger partial charge in [0, 0.05) is 133 Å². The number of rotatable bonds is 10. The molecule has 2 amide bonds. The van der Waals surface area contributed by atoms with E-state index in [2.05, 4.69) is 40.5 Å². The number of nitrogens with one attached hydrogen (secondary N) is 2. The van der Waals surface area contributed by atoms with Crippen molar-refractivity contribution in [2.45, 2.75) is 31.8 Å². The molecule has 0 fully saturated rings. The van der Waals surface area contributed by atoms with Crippen molar-refractivity contribution in [2.24, 2.45) is 0 Å². The van der Waals surface area contributed by atoms with E-state index in [9.17, 15) is 54.0 Å². The lowest BCUT2D eigenvalue weighted by Gasteiger charge is -2.33. The second-order valence-corrected chi connectivity index (χ2v) is 26.5. The molecule has 20 nitrogen and oxygen atoms in total. The molecule has 5 aromatic heterocycles. The molecule has 11 aromatic rings. The van der Waals surface area contributed by atoms with E-state index in [1.54, 1.807) is 30.3 Å². The van der Waals surface area contributed by atoms with Crippen molar-refractivity contribution in [2.75, 3.05) is 60.8 Å². The molecular formula is C64H54BClF4N10O10S2. The van der Waals surface area contributed by atoms with Gasteiger partial charge in [-0.15, -0.1) is 5.10 Å². The molecule has 1 atom stereocenters. The van der Waals surface area contributed by atoms with E-state index in [1.807, 2.05) is 24.3 Å². The summed E-state index contributed by atoms with van der Waals surface area (Å²) in [5, 5.41) is 43.4. The smallest absolute Gasteiger partial charge is 0.455 e. The Morgan fingerprint density at radius 2 is 1.20 bits per heavy atom.